The summed E-state index contributed by atoms with van der Waals surface area (Å²) in [6.45, 7) is 0. The molecule has 0 saturated carbocycles. The van der Waals surface area contributed by atoms with Gasteiger partial charge in [-0.15, -0.1) is 0 Å². The highest BCUT2D eigenvalue weighted by atomic mass is 16.3. The zero-order chi connectivity index (χ0) is 33.7. The summed E-state index contributed by atoms with van der Waals surface area (Å²) in [5.41, 5.74) is 13.1. The minimum absolute atomic E-state index is 0.790. The van der Waals surface area contributed by atoms with Crippen molar-refractivity contribution >= 4 is 60.9 Å². The van der Waals surface area contributed by atoms with Gasteiger partial charge < -0.3 is 13.7 Å². The van der Waals surface area contributed by atoms with Crippen LogP contribution in [0.1, 0.15) is 0 Å². The first-order valence-corrected chi connectivity index (χ1v) is 17.0. The number of furan rings is 2. The minimum Gasteiger partial charge on any atom is -0.454 e. The SMILES string of the molecule is c1ccc(-c2ccc(N(c3ccc(-c4cccc5c4oc4cnccc45)cc3)c3ccc(-c4cccc5c4oc4cnccc45)cc3)cc2)cc1. The lowest BCUT2D eigenvalue weighted by Crippen LogP contribution is -2.09. The van der Waals surface area contributed by atoms with Gasteiger partial charge >= 0.3 is 0 Å². The molecule has 0 unspecified atom stereocenters. The fourth-order valence-electron chi connectivity index (χ4n) is 7.22. The lowest BCUT2D eigenvalue weighted by molar-refractivity contribution is 0.667. The Bertz CT molecular complexity index is 2680. The molecule has 0 atom stereocenters. The smallest absolute Gasteiger partial charge is 0.153 e. The summed E-state index contributed by atoms with van der Waals surface area (Å²) in [6.07, 6.45) is 7.18. The zero-order valence-corrected chi connectivity index (χ0v) is 27.4. The van der Waals surface area contributed by atoms with Crippen molar-refractivity contribution in [3.63, 3.8) is 0 Å². The highest BCUT2D eigenvalue weighted by Gasteiger charge is 2.17. The number of anilines is 3. The van der Waals surface area contributed by atoms with Crippen molar-refractivity contribution in [2.75, 3.05) is 4.90 Å². The third kappa shape index (κ3) is 4.94. The summed E-state index contributed by atoms with van der Waals surface area (Å²) in [5, 5.41) is 4.31. The monoisotopic (exact) mass is 655 g/mol. The fourth-order valence-corrected chi connectivity index (χ4v) is 7.22. The van der Waals surface area contributed by atoms with Crippen LogP contribution in [0.4, 0.5) is 17.1 Å². The van der Waals surface area contributed by atoms with E-state index in [1.165, 1.54) is 11.1 Å². The van der Waals surface area contributed by atoms with Crippen LogP contribution in [0.5, 0.6) is 0 Å². The van der Waals surface area contributed by atoms with Crippen LogP contribution in [0, 0.1) is 0 Å². The second-order valence-corrected chi connectivity index (χ2v) is 12.7. The predicted octanol–water partition coefficient (Wildman–Crippen LogP) is 12.7. The number of nitrogens with zero attached hydrogens (tertiary/aromatic N) is 3. The summed E-state index contributed by atoms with van der Waals surface area (Å²) < 4.78 is 12.6. The van der Waals surface area contributed by atoms with Crippen LogP contribution in [0.2, 0.25) is 0 Å². The van der Waals surface area contributed by atoms with Crippen molar-refractivity contribution in [2.45, 2.75) is 0 Å². The molecular formula is C46H29N3O2. The summed E-state index contributed by atoms with van der Waals surface area (Å²) in [6, 6.07) is 53.3. The Labute approximate surface area is 293 Å². The van der Waals surface area contributed by atoms with E-state index in [-0.39, 0.29) is 0 Å². The number of hydrogen-bond donors (Lipinski definition) is 0. The van der Waals surface area contributed by atoms with Gasteiger partial charge in [-0.2, -0.15) is 0 Å². The van der Waals surface area contributed by atoms with E-state index in [2.05, 4.69) is 148 Å². The van der Waals surface area contributed by atoms with E-state index in [1.807, 2.05) is 30.6 Å². The summed E-state index contributed by atoms with van der Waals surface area (Å²) in [7, 11) is 0. The van der Waals surface area contributed by atoms with E-state index in [0.29, 0.717) is 0 Å². The van der Waals surface area contributed by atoms with Crippen LogP contribution in [0.25, 0.3) is 77.3 Å². The van der Waals surface area contributed by atoms with E-state index in [4.69, 9.17) is 8.83 Å². The maximum absolute atomic E-state index is 6.31. The molecule has 0 saturated heterocycles. The third-order valence-electron chi connectivity index (χ3n) is 9.71. The van der Waals surface area contributed by atoms with Gasteiger partial charge in [-0.25, -0.2) is 0 Å². The summed E-state index contributed by atoms with van der Waals surface area (Å²) in [4.78, 5) is 10.8. The molecule has 0 bridgehead atoms. The lowest BCUT2D eigenvalue weighted by Gasteiger charge is -2.26. The van der Waals surface area contributed by atoms with Gasteiger partial charge in [0.2, 0.25) is 0 Å². The van der Waals surface area contributed by atoms with E-state index in [0.717, 1.165) is 83.2 Å². The molecule has 5 heteroatoms. The highest BCUT2D eigenvalue weighted by Crippen LogP contribution is 2.41. The summed E-state index contributed by atoms with van der Waals surface area (Å²) in [5.74, 6) is 0. The number of benzene rings is 6. The third-order valence-corrected chi connectivity index (χ3v) is 9.71. The maximum Gasteiger partial charge on any atom is 0.153 e. The molecule has 0 aliphatic carbocycles. The van der Waals surface area contributed by atoms with Crippen molar-refractivity contribution in [1.82, 2.24) is 9.97 Å². The average molecular weight is 656 g/mol. The molecule has 0 spiro atoms. The topological polar surface area (TPSA) is 55.3 Å². The molecule has 10 rings (SSSR count). The van der Waals surface area contributed by atoms with E-state index in [9.17, 15) is 0 Å². The van der Waals surface area contributed by atoms with Crippen molar-refractivity contribution in [3.05, 3.63) is 176 Å². The molecule has 5 nitrogen and oxygen atoms in total. The second-order valence-electron chi connectivity index (χ2n) is 12.7. The van der Waals surface area contributed by atoms with Gasteiger partial charge in [0.1, 0.15) is 11.2 Å². The normalized spacial score (nSPS) is 11.5. The number of para-hydroxylation sites is 2. The van der Waals surface area contributed by atoms with E-state index < -0.39 is 0 Å². The van der Waals surface area contributed by atoms with Gasteiger partial charge in [-0.1, -0.05) is 103 Å². The Morgan fingerprint density at radius 3 is 1.25 bits per heavy atom. The maximum atomic E-state index is 6.31. The van der Waals surface area contributed by atoms with E-state index in [1.54, 1.807) is 12.4 Å². The Morgan fingerprint density at radius 1 is 0.353 bits per heavy atom. The van der Waals surface area contributed by atoms with Gasteiger partial charge in [0.05, 0.1) is 12.4 Å². The molecular weight excluding hydrogens is 627 g/mol. The largest absolute Gasteiger partial charge is 0.454 e. The number of hydrogen-bond acceptors (Lipinski definition) is 5. The molecule has 240 valence electrons. The molecule has 6 aromatic carbocycles. The summed E-state index contributed by atoms with van der Waals surface area (Å²) >= 11 is 0. The highest BCUT2D eigenvalue weighted by molar-refractivity contribution is 6.10. The van der Waals surface area contributed by atoms with Crippen LogP contribution in [-0.4, -0.2) is 9.97 Å². The number of rotatable bonds is 6. The standard InChI is InChI=1S/C46H29N3O2/c1-2-6-30(7-3-1)31-12-18-34(19-13-31)49(35-20-14-32(15-21-35)37-8-4-10-41-39-24-26-47-28-43(39)50-45(37)41)36-22-16-33(17-23-36)38-9-5-11-42-40-25-27-48-29-44(40)51-46(38)42/h1-29H. The Morgan fingerprint density at radius 2 is 0.784 bits per heavy atom. The Kier molecular flexibility index (Phi) is 6.74. The molecule has 0 fully saturated rings. The van der Waals surface area contributed by atoms with Gasteiger partial charge in [0.15, 0.2) is 11.2 Å². The minimum atomic E-state index is 0.790. The molecule has 0 aliphatic rings. The molecule has 51 heavy (non-hydrogen) atoms. The van der Waals surface area contributed by atoms with E-state index >= 15 is 0 Å². The number of pyridine rings is 2. The quantitative estimate of drug-likeness (QED) is 0.178. The van der Waals surface area contributed by atoms with Crippen molar-refractivity contribution in [1.29, 1.82) is 0 Å². The van der Waals surface area contributed by atoms with Crippen LogP contribution in [-0.2, 0) is 0 Å². The van der Waals surface area contributed by atoms with Crippen LogP contribution < -0.4 is 4.90 Å². The van der Waals surface area contributed by atoms with Crippen molar-refractivity contribution < 1.29 is 8.83 Å². The fraction of sp³-hybridized carbons (Fsp3) is 0. The number of aromatic nitrogens is 2. The molecule has 0 amide bonds. The molecule has 4 heterocycles. The first-order valence-electron chi connectivity index (χ1n) is 17.0. The average Bonchev–Trinajstić information content (AvgIpc) is 3.78. The molecule has 10 aromatic rings. The predicted molar refractivity (Wildman–Crippen MR) is 208 cm³/mol. The second kappa shape index (κ2) is 11.9. The van der Waals surface area contributed by atoms with Gasteiger partial charge in [-0.05, 0) is 70.8 Å². The Hall–Kier alpha value is -6.98. The molecule has 4 aromatic heterocycles. The molecule has 0 N–H and O–H groups in total. The molecule has 0 aliphatic heterocycles. The lowest BCUT2D eigenvalue weighted by atomic mass is 10.0. The zero-order valence-electron chi connectivity index (χ0n) is 27.4. The Balaban J connectivity index is 1.06. The molecule has 0 radical (unpaired) electrons. The van der Waals surface area contributed by atoms with Gasteiger partial charge in [-0.3, -0.25) is 9.97 Å². The van der Waals surface area contributed by atoms with Crippen molar-refractivity contribution in [3.8, 4) is 33.4 Å². The van der Waals surface area contributed by atoms with Gasteiger partial charge in [0.25, 0.3) is 0 Å². The van der Waals surface area contributed by atoms with Crippen molar-refractivity contribution in [2.24, 2.45) is 0 Å². The first kappa shape index (κ1) is 29.0. The van der Waals surface area contributed by atoms with Crippen LogP contribution in [0.15, 0.2) is 185 Å². The first-order chi connectivity index (χ1) is 25.3. The van der Waals surface area contributed by atoms with Crippen LogP contribution >= 0.6 is 0 Å². The van der Waals surface area contributed by atoms with Crippen LogP contribution in [0.3, 0.4) is 0 Å². The van der Waals surface area contributed by atoms with Gasteiger partial charge in [0, 0.05) is 62.1 Å². The number of fused-ring (bicyclic) bond motifs is 6.